The highest BCUT2D eigenvalue weighted by atomic mass is 16.5. The number of hydrogen-bond acceptors (Lipinski definition) is 5. The number of rotatable bonds is 5. The average molecular weight is 340 g/mol. The van der Waals surface area contributed by atoms with Gasteiger partial charge in [-0.1, -0.05) is 60.7 Å². The molecule has 2 N–H and O–H groups in total. The lowest BCUT2D eigenvalue weighted by Gasteiger charge is -2.40. The largest absolute Gasteiger partial charge is 0.492 e. The van der Waals surface area contributed by atoms with E-state index in [1.807, 2.05) is 6.07 Å². The zero-order valence-electron chi connectivity index (χ0n) is 14.1. The fourth-order valence-electron chi connectivity index (χ4n) is 3.54. The Bertz CT molecular complexity index is 793. The van der Waals surface area contributed by atoms with Crippen LogP contribution in [0.4, 0.5) is 0 Å². The highest BCUT2D eigenvalue weighted by molar-refractivity contribution is 6.14. The molecule has 0 aliphatic heterocycles. The van der Waals surface area contributed by atoms with Gasteiger partial charge < -0.3 is 19.7 Å². The number of aliphatic hydroxyl groups is 2. The second-order valence-corrected chi connectivity index (χ2v) is 5.87. The van der Waals surface area contributed by atoms with Crippen LogP contribution >= 0.6 is 0 Å². The Morgan fingerprint density at radius 1 is 0.960 bits per heavy atom. The van der Waals surface area contributed by atoms with Gasteiger partial charge in [0, 0.05) is 12.7 Å². The van der Waals surface area contributed by atoms with Crippen molar-refractivity contribution in [2.45, 2.75) is 11.2 Å². The summed E-state index contributed by atoms with van der Waals surface area (Å²) in [6.45, 7) is -0.599. The second kappa shape index (κ2) is 6.44. The van der Waals surface area contributed by atoms with E-state index in [0.29, 0.717) is 16.7 Å². The summed E-state index contributed by atoms with van der Waals surface area (Å²) in [7, 11) is 2.73. The molecule has 0 heterocycles. The standard InChI is InChI=1S/C20H20O5/c1-24-17-16(14-9-5-3-6-10-14)19(13-21,25-2)20(23,18(17)22)15-11-7-4-8-12-15/h3-12,21,23H,13H2,1-2H3/t19-,20-/m0/s1. The number of aliphatic hydroxyl groups excluding tert-OH is 1. The van der Waals surface area contributed by atoms with Crippen molar-refractivity contribution in [2.75, 3.05) is 20.8 Å². The quantitative estimate of drug-likeness (QED) is 0.869. The summed E-state index contributed by atoms with van der Waals surface area (Å²) in [4.78, 5) is 13.2. The first-order chi connectivity index (χ1) is 12.1. The van der Waals surface area contributed by atoms with Crippen molar-refractivity contribution in [1.29, 1.82) is 0 Å². The summed E-state index contributed by atoms with van der Waals surface area (Å²) in [5.74, 6) is -0.663. The number of carbonyl (C=O) groups excluding carboxylic acids is 1. The Hall–Kier alpha value is -2.47. The SMILES string of the molecule is COC1=C(c2ccccc2)[C@](CO)(OC)[C@](O)(c2ccccc2)C1=O. The van der Waals surface area contributed by atoms with E-state index in [9.17, 15) is 15.0 Å². The lowest BCUT2D eigenvalue weighted by Crippen LogP contribution is -2.56. The lowest BCUT2D eigenvalue weighted by atomic mass is 9.75. The Morgan fingerprint density at radius 2 is 1.52 bits per heavy atom. The van der Waals surface area contributed by atoms with Gasteiger partial charge in [0.2, 0.25) is 5.78 Å². The summed E-state index contributed by atoms with van der Waals surface area (Å²) in [6.07, 6.45) is 0. The van der Waals surface area contributed by atoms with Crippen LogP contribution in [0.25, 0.3) is 5.57 Å². The van der Waals surface area contributed by atoms with Crippen LogP contribution in [0.15, 0.2) is 66.4 Å². The molecule has 0 saturated carbocycles. The molecule has 1 aliphatic carbocycles. The smallest absolute Gasteiger partial charge is 0.237 e. The molecule has 5 nitrogen and oxygen atoms in total. The summed E-state index contributed by atoms with van der Waals surface area (Å²) < 4.78 is 11.0. The van der Waals surface area contributed by atoms with Crippen LogP contribution in [0, 0.1) is 0 Å². The van der Waals surface area contributed by atoms with Crippen molar-refractivity contribution in [3.8, 4) is 0 Å². The van der Waals surface area contributed by atoms with Gasteiger partial charge in [0.25, 0.3) is 0 Å². The minimum Gasteiger partial charge on any atom is -0.492 e. The van der Waals surface area contributed by atoms with Gasteiger partial charge in [0.15, 0.2) is 17.0 Å². The fraction of sp³-hybridized carbons (Fsp3) is 0.250. The van der Waals surface area contributed by atoms with E-state index >= 15 is 0 Å². The second-order valence-electron chi connectivity index (χ2n) is 5.87. The topological polar surface area (TPSA) is 76.0 Å². The van der Waals surface area contributed by atoms with Crippen LogP contribution in [-0.4, -0.2) is 42.4 Å². The third-order valence-corrected chi connectivity index (χ3v) is 4.78. The van der Waals surface area contributed by atoms with Gasteiger partial charge in [-0.2, -0.15) is 0 Å². The van der Waals surface area contributed by atoms with Gasteiger partial charge in [-0.3, -0.25) is 4.79 Å². The molecule has 5 heteroatoms. The summed E-state index contributed by atoms with van der Waals surface area (Å²) in [5.41, 5.74) is -2.49. The van der Waals surface area contributed by atoms with Crippen LogP contribution in [0.3, 0.4) is 0 Å². The molecular formula is C20H20O5. The molecule has 0 bridgehead atoms. The zero-order chi connectivity index (χ0) is 18.1. The van der Waals surface area contributed by atoms with Crippen LogP contribution in [0.5, 0.6) is 0 Å². The van der Waals surface area contributed by atoms with E-state index in [4.69, 9.17) is 9.47 Å². The number of benzene rings is 2. The van der Waals surface area contributed by atoms with Crippen LogP contribution in [0.1, 0.15) is 11.1 Å². The zero-order valence-corrected chi connectivity index (χ0v) is 14.1. The van der Waals surface area contributed by atoms with Crippen molar-refractivity contribution in [3.05, 3.63) is 77.5 Å². The predicted octanol–water partition coefficient (Wildman–Crippen LogP) is 1.89. The first-order valence-corrected chi connectivity index (χ1v) is 7.89. The monoisotopic (exact) mass is 340 g/mol. The van der Waals surface area contributed by atoms with Gasteiger partial charge in [0.1, 0.15) is 0 Å². The predicted molar refractivity (Wildman–Crippen MR) is 92.5 cm³/mol. The maximum absolute atomic E-state index is 13.2. The third kappa shape index (κ3) is 2.24. The first-order valence-electron chi connectivity index (χ1n) is 7.89. The maximum atomic E-state index is 13.2. The molecule has 2 aromatic carbocycles. The molecule has 130 valence electrons. The summed E-state index contributed by atoms with van der Waals surface area (Å²) in [6, 6.07) is 17.5. The van der Waals surface area contributed by atoms with Crippen LogP contribution in [0.2, 0.25) is 0 Å². The molecule has 0 saturated heterocycles. The molecule has 25 heavy (non-hydrogen) atoms. The number of carbonyl (C=O) groups is 1. The van der Waals surface area contributed by atoms with Crippen LogP contribution in [-0.2, 0) is 19.9 Å². The molecule has 2 aromatic rings. The van der Waals surface area contributed by atoms with E-state index in [2.05, 4.69) is 0 Å². The molecule has 0 radical (unpaired) electrons. The third-order valence-electron chi connectivity index (χ3n) is 4.78. The van der Waals surface area contributed by atoms with Crippen molar-refractivity contribution >= 4 is 11.4 Å². The van der Waals surface area contributed by atoms with Crippen molar-refractivity contribution < 1.29 is 24.5 Å². The number of ether oxygens (including phenoxy) is 2. The Morgan fingerprint density at radius 3 is 2.00 bits per heavy atom. The Kier molecular flexibility index (Phi) is 4.47. The van der Waals surface area contributed by atoms with Gasteiger partial charge >= 0.3 is 0 Å². The molecule has 2 atom stereocenters. The minimum absolute atomic E-state index is 0.0200. The lowest BCUT2D eigenvalue weighted by molar-refractivity contribution is -0.171. The number of hydrogen-bond donors (Lipinski definition) is 2. The van der Waals surface area contributed by atoms with Crippen molar-refractivity contribution in [1.82, 2.24) is 0 Å². The van der Waals surface area contributed by atoms with E-state index < -0.39 is 23.6 Å². The molecule has 0 fully saturated rings. The van der Waals surface area contributed by atoms with Gasteiger partial charge in [-0.25, -0.2) is 0 Å². The summed E-state index contributed by atoms with van der Waals surface area (Å²) in [5, 5.41) is 21.8. The number of Topliss-reactive ketones (excluding diaryl/α,β-unsaturated/α-hetero) is 1. The number of ketones is 1. The normalized spacial score (nSPS) is 26.2. The van der Waals surface area contributed by atoms with E-state index in [-0.39, 0.29) is 5.76 Å². The van der Waals surface area contributed by atoms with Crippen molar-refractivity contribution in [3.63, 3.8) is 0 Å². The first kappa shape index (κ1) is 17.4. The molecular weight excluding hydrogens is 320 g/mol. The average Bonchev–Trinajstić information content (AvgIpc) is 2.88. The fourth-order valence-corrected chi connectivity index (χ4v) is 3.54. The molecule has 0 amide bonds. The molecule has 0 unspecified atom stereocenters. The molecule has 0 aromatic heterocycles. The highest BCUT2D eigenvalue weighted by Crippen LogP contribution is 2.53. The number of methoxy groups -OCH3 is 2. The highest BCUT2D eigenvalue weighted by Gasteiger charge is 2.66. The Labute approximate surface area is 146 Å². The van der Waals surface area contributed by atoms with Gasteiger partial charge in [-0.05, 0) is 11.1 Å². The van der Waals surface area contributed by atoms with Gasteiger partial charge in [-0.15, -0.1) is 0 Å². The van der Waals surface area contributed by atoms with Crippen molar-refractivity contribution in [2.24, 2.45) is 0 Å². The van der Waals surface area contributed by atoms with E-state index in [1.165, 1.54) is 14.2 Å². The summed E-state index contributed by atoms with van der Waals surface area (Å²) >= 11 is 0. The van der Waals surface area contributed by atoms with E-state index in [0.717, 1.165) is 0 Å². The molecule has 0 spiro atoms. The van der Waals surface area contributed by atoms with Crippen LogP contribution < -0.4 is 0 Å². The molecule has 3 rings (SSSR count). The van der Waals surface area contributed by atoms with Gasteiger partial charge in [0.05, 0.1) is 13.7 Å². The molecule has 1 aliphatic rings. The minimum atomic E-state index is -2.10. The van der Waals surface area contributed by atoms with E-state index in [1.54, 1.807) is 54.6 Å². The maximum Gasteiger partial charge on any atom is 0.237 e. The Balaban J connectivity index is 2.34.